The Labute approximate surface area is 218 Å². The van der Waals surface area contributed by atoms with E-state index in [1.54, 1.807) is 0 Å². The molecule has 3 aliphatic heterocycles. The van der Waals surface area contributed by atoms with Crippen molar-refractivity contribution in [3.05, 3.63) is 21.1 Å². The number of morpholine rings is 2. The molecule has 0 bridgehead atoms. The minimum Gasteiger partial charge on any atom is -0.381 e. The highest BCUT2D eigenvalue weighted by atomic mass is 35.5. The quantitative estimate of drug-likeness (QED) is 0.544. The number of ether oxygens (including phenoxy) is 3. The van der Waals surface area contributed by atoms with Crippen molar-refractivity contribution in [1.82, 2.24) is 29.9 Å². The van der Waals surface area contributed by atoms with Crippen LogP contribution in [-0.4, -0.2) is 95.7 Å². The third-order valence-corrected chi connectivity index (χ3v) is 5.48. The monoisotopic (exact) mass is 554 g/mol. The first kappa shape index (κ1) is 27.3. The van der Waals surface area contributed by atoms with Gasteiger partial charge in [-0.25, -0.2) is 0 Å². The van der Waals surface area contributed by atoms with Gasteiger partial charge in [-0.2, -0.15) is 29.9 Å². The molecule has 34 heavy (non-hydrogen) atoms. The largest absolute Gasteiger partial charge is 0.381 e. The highest BCUT2D eigenvalue weighted by Crippen LogP contribution is 2.18. The maximum Gasteiger partial charge on any atom is 0.231 e. The van der Waals surface area contributed by atoms with Crippen molar-refractivity contribution >= 4 is 58.3 Å². The SMILES string of the molecule is C1CCOCC1.Clc1nc(Cl)nc(Cl)n1.Clc1nc(N2CCOCC2)nc(N2CCOCC2)n1. The van der Waals surface area contributed by atoms with E-state index in [2.05, 4.69) is 39.7 Å². The van der Waals surface area contributed by atoms with E-state index in [0.717, 1.165) is 39.4 Å². The average Bonchev–Trinajstić information content (AvgIpc) is 2.86. The van der Waals surface area contributed by atoms with E-state index in [9.17, 15) is 0 Å². The zero-order chi connectivity index (χ0) is 24.2. The van der Waals surface area contributed by atoms with Gasteiger partial charge in [-0.05, 0) is 65.7 Å². The Morgan fingerprint density at radius 2 is 0.794 bits per heavy atom. The highest BCUT2D eigenvalue weighted by Gasteiger charge is 2.20. The summed E-state index contributed by atoms with van der Waals surface area (Å²) in [5.74, 6) is 1.26. The van der Waals surface area contributed by atoms with Gasteiger partial charge in [-0.1, -0.05) is 0 Å². The van der Waals surface area contributed by atoms with Crippen LogP contribution in [0.2, 0.25) is 21.1 Å². The molecule has 5 rings (SSSR count). The number of aromatic nitrogens is 6. The van der Waals surface area contributed by atoms with Crippen molar-refractivity contribution in [2.75, 3.05) is 75.6 Å². The maximum absolute atomic E-state index is 6.01. The molecule has 15 heteroatoms. The summed E-state index contributed by atoms with van der Waals surface area (Å²) >= 11 is 22.0. The predicted molar refractivity (Wildman–Crippen MR) is 130 cm³/mol. The smallest absolute Gasteiger partial charge is 0.231 e. The Kier molecular flexibility index (Phi) is 12.0. The lowest BCUT2D eigenvalue weighted by molar-refractivity contribution is 0.0968. The molecule has 0 saturated carbocycles. The van der Waals surface area contributed by atoms with Crippen LogP contribution in [0.5, 0.6) is 0 Å². The molecule has 0 atom stereocenters. The van der Waals surface area contributed by atoms with Gasteiger partial charge in [0.05, 0.1) is 26.4 Å². The van der Waals surface area contributed by atoms with E-state index in [-0.39, 0.29) is 21.1 Å². The van der Waals surface area contributed by atoms with Gasteiger partial charge < -0.3 is 24.0 Å². The Balaban J connectivity index is 0.000000178. The fraction of sp³-hybridized carbons (Fsp3) is 0.684. The molecule has 5 heterocycles. The standard InChI is InChI=1S/C11H16ClN5O2.C5H10O.C3Cl3N3/c12-9-13-10(16-1-5-18-6-2-16)15-11(14-9)17-3-7-19-8-4-17;1-2-4-6-5-3-1;4-1-7-2(5)9-3(6)8-1/h1-8H2;1-5H2;. The van der Waals surface area contributed by atoms with Crippen LogP contribution < -0.4 is 9.80 Å². The van der Waals surface area contributed by atoms with Crippen LogP contribution in [0.15, 0.2) is 0 Å². The van der Waals surface area contributed by atoms with Gasteiger partial charge in [0.15, 0.2) is 0 Å². The minimum absolute atomic E-state index is 0.000000000000000444. The molecule has 0 aliphatic carbocycles. The highest BCUT2D eigenvalue weighted by molar-refractivity contribution is 6.33. The second-order valence-corrected chi connectivity index (χ2v) is 8.57. The van der Waals surface area contributed by atoms with Crippen LogP contribution >= 0.6 is 46.4 Å². The number of hydrogen-bond donors (Lipinski definition) is 0. The van der Waals surface area contributed by atoms with Crippen LogP contribution in [0.4, 0.5) is 11.9 Å². The van der Waals surface area contributed by atoms with E-state index in [1.165, 1.54) is 19.3 Å². The number of nitrogens with zero attached hydrogens (tertiary/aromatic N) is 8. The zero-order valence-electron chi connectivity index (χ0n) is 18.5. The Hall–Kier alpha value is -1.34. The van der Waals surface area contributed by atoms with Gasteiger partial charge in [0.2, 0.25) is 33.0 Å². The molecule has 0 aromatic carbocycles. The third-order valence-electron chi connectivity index (χ3n) is 4.80. The Bertz CT molecular complexity index is 786. The molecule has 2 aromatic heterocycles. The van der Waals surface area contributed by atoms with E-state index in [4.69, 9.17) is 60.6 Å². The average molecular weight is 556 g/mol. The van der Waals surface area contributed by atoms with Crippen LogP contribution in [0.1, 0.15) is 19.3 Å². The second kappa shape index (κ2) is 14.9. The summed E-state index contributed by atoms with van der Waals surface area (Å²) in [5, 5.41) is 0.234. The fourth-order valence-electron chi connectivity index (χ4n) is 3.13. The summed E-state index contributed by atoms with van der Waals surface area (Å²) in [4.78, 5) is 27.4. The summed E-state index contributed by atoms with van der Waals surface area (Å²) in [6.07, 6.45) is 3.93. The Morgan fingerprint density at radius 1 is 0.441 bits per heavy atom. The van der Waals surface area contributed by atoms with Gasteiger partial charge in [0.1, 0.15) is 0 Å². The van der Waals surface area contributed by atoms with Crippen LogP contribution in [0, 0.1) is 0 Å². The molecular formula is C19H26Cl4N8O3. The lowest BCUT2D eigenvalue weighted by Gasteiger charge is -2.29. The summed E-state index contributed by atoms with van der Waals surface area (Å²) < 4.78 is 15.7. The number of rotatable bonds is 2. The van der Waals surface area contributed by atoms with Crippen molar-refractivity contribution in [3.8, 4) is 0 Å². The Morgan fingerprint density at radius 3 is 1.12 bits per heavy atom. The molecule has 0 radical (unpaired) electrons. The summed E-state index contributed by atoms with van der Waals surface area (Å²) in [7, 11) is 0. The minimum atomic E-state index is 0.000000000000000444. The summed E-state index contributed by atoms with van der Waals surface area (Å²) in [5.41, 5.74) is 0. The maximum atomic E-state index is 6.01. The van der Waals surface area contributed by atoms with Crippen LogP contribution in [-0.2, 0) is 14.2 Å². The summed E-state index contributed by atoms with van der Waals surface area (Å²) in [6.45, 7) is 7.89. The number of halogens is 4. The van der Waals surface area contributed by atoms with Crippen molar-refractivity contribution < 1.29 is 14.2 Å². The molecular weight excluding hydrogens is 530 g/mol. The van der Waals surface area contributed by atoms with Crippen molar-refractivity contribution in [2.24, 2.45) is 0 Å². The molecule has 0 N–H and O–H groups in total. The van der Waals surface area contributed by atoms with E-state index in [0.29, 0.717) is 38.3 Å². The normalized spacial score (nSPS) is 18.4. The van der Waals surface area contributed by atoms with Crippen LogP contribution in [0.3, 0.4) is 0 Å². The lowest BCUT2D eigenvalue weighted by atomic mass is 10.2. The van der Waals surface area contributed by atoms with Gasteiger partial charge in [-0.3, -0.25) is 0 Å². The first-order valence-corrected chi connectivity index (χ1v) is 12.4. The zero-order valence-corrected chi connectivity index (χ0v) is 21.5. The van der Waals surface area contributed by atoms with E-state index < -0.39 is 0 Å². The van der Waals surface area contributed by atoms with Gasteiger partial charge in [-0.15, -0.1) is 0 Å². The second-order valence-electron chi connectivity index (χ2n) is 7.22. The third kappa shape index (κ3) is 9.73. The first-order valence-electron chi connectivity index (χ1n) is 10.9. The van der Waals surface area contributed by atoms with Crippen molar-refractivity contribution in [3.63, 3.8) is 0 Å². The molecule has 3 saturated heterocycles. The molecule has 3 fully saturated rings. The molecule has 0 spiro atoms. The topological polar surface area (TPSA) is 112 Å². The number of anilines is 2. The van der Waals surface area contributed by atoms with Gasteiger partial charge in [0, 0.05) is 39.4 Å². The van der Waals surface area contributed by atoms with Gasteiger partial charge in [0.25, 0.3) is 0 Å². The molecule has 0 unspecified atom stereocenters. The molecule has 2 aromatic rings. The lowest BCUT2D eigenvalue weighted by Crippen LogP contribution is -2.40. The van der Waals surface area contributed by atoms with Crippen molar-refractivity contribution in [1.29, 1.82) is 0 Å². The first-order chi connectivity index (χ1) is 16.5. The molecule has 0 amide bonds. The molecule has 188 valence electrons. The van der Waals surface area contributed by atoms with E-state index >= 15 is 0 Å². The fourth-order valence-corrected chi connectivity index (χ4v) is 3.89. The number of hydrogen-bond acceptors (Lipinski definition) is 11. The van der Waals surface area contributed by atoms with Crippen molar-refractivity contribution in [2.45, 2.75) is 19.3 Å². The molecule has 11 nitrogen and oxygen atoms in total. The summed E-state index contributed by atoms with van der Waals surface area (Å²) in [6, 6.07) is 0. The van der Waals surface area contributed by atoms with Crippen LogP contribution in [0.25, 0.3) is 0 Å². The van der Waals surface area contributed by atoms with Gasteiger partial charge >= 0.3 is 0 Å². The van der Waals surface area contributed by atoms with E-state index in [1.807, 2.05) is 0 Å². The predicted octanol–water partition coefficient (Wildman–Crippen LogP) is 3.22. The molecule has 3 aliphatic rings.